The summed E-state index contributed by atoms with van der Waals surface area (Å²) in [4.78, 5) is 20.7. The predicted molar refractivity (Wildman–Crippen MR) is 95.5 cm³/mol. The van der Waals surface area contributed by atoms with Crippen LogP contribution in [0.25, 0.3) is 0 Å². The van der Waals surface area contributed by atoms with Crippen molar-refractivity contribution in [3.63, 3.8) is 0 Å². The highest BCUT2D eigenvalue weighted by atomic mass is 19.1. The Kier molecular flexibility index (Phi) is 4.26. The summed E-state index contributed by atoms with van der Waals surface area (Å²) in [6.45, 7) is 2.83. The van der Waals surface area contributed by atoms with E-state index in [0.29, 0.717) is 25.3 Å². The van der Waals surface area contributed by atoms with Gasteiger partial charge >= 0.3 is 6.03 Å². The van der Waals surface area contributed by atoms with Gasteiger partial charge in [-0.15, -0.1) is 0 Å². The molecule has 0 unspecified atom stereocenters. The lowest BCUT2D eigenvalue weighted by atomic mass is 10.1. The van der Waals surface area contributed by atoms with E-state index in [1.54, 1.807) is 21.9 Å². The third-order valence-electron chi connectivity index (χ3n) is 4.80. The molecular formula is C19H21FN4O. The average molecular weight is 340 g/mol. The van der Waals surface area contributed by atoms with Gasteiger partial charge in [-0.3, -0.25) is 4.90 Å². The first kappa shape index (κ1) is 15.9. The van der Waals surface area contributed by atoms with E-state index in [0.717, 1.165) is 37.3 Å². The number of hydrogen-bond donors (Lipinski definition) is 1. The summed E-state index contributed by atoms with van der Waals surface area (Å²) in [5.74, 6) is 0.660. The Bertz CT molecular complexity index is 795. The topological polar surface area (TPSA) is 48.5 Å². The molecule has 0 bridgehead atoms. The first-order valence-electron chi connectivity index (χ1n) is 8.75. The summed E-state index contributed by atoms with van der Waals surface area (Å²) in [5, 5.41) is 3.34. The molecule has 0 radical (unpaired) electrons. The Labute approximate surface area is 146 Å². The van der Waals surface area contributed by atoms with Gasteiger partial charge in [0.1, 0.15) is 11.6 Å². The van der Waals surface area contributed by atoms with Crippen LogP contribution in [-0.4, -0.2) is 42.1 Å². The first-order chi connectivity index (χ1) is 12.2. The van der Waals surface area contributed by atoms with Gasteiger partial charge in [0.05, 0.1) is 0 Å². The van der Waals surface area contributed by atoms with Crippen molar-refractivity contribution in [2.75, 3.05) is 36.4 Å². The molecule has 1 fully saturated rings. The van der Waals surface area contributed by atoms with E-state index < -0.39 is 0 Å². The summed E-state index contributed by atoms with van der Waals surface area (Å²) < 4.78 is 13.4. The minimum Gasteiger partial charge on any atom is -0.370 e. The molecule has 0 atom stereocenters. The maximum Gasteiger partial charge on any atom is 0.324 e. The number of rotatable bonds is 4. The fraction of sp³-hybridized carbons (Fsp3) is 0.368. The number of pyridine rings is 1. The molecule has 2 aliphatic rings. The molecular weight excluding hydrogens is 319 g/mol. The van der Waals surface area contributed by atoms with Crippen LogP contribution in [-0.2, 0) is 12.8 Å². The van der Waals surface area contributed by atoms with E-state index in [1.165, 1.54) is 17.7 Å². The molecule has 130 valence electrons. The van der Waals surface area contributed by atoms with Gasteiger partial charge in [0.25, 0.3) is 0 Å². The number of amides is 2. The van der Waals surface area contributed by atoms with Crippen molar-refractivity contribution in [3.8, 4) is 0 Å². The lowest BCUT2D eigenvalue weighted by Gasteiger charge is -2.20. The highest BCUT2D eigenvalue weighted by Crippen LogP contribution is 2.22. The van der Waals surface area contributed by atoms with E-state index in [4.69, 9.17) is 0 Å². The number of aryl methyl sites for hydroxylation is 1. The molecule has 3 heterocycles. The number of anilines is 2. The van der Waals surface area contributed by atoms with E-state index >= 15 is 0 Å². The van der Waals surface area contributed by atoms with Crippen molar-refractivity contribution in [3.05, 3.63) is 53.5 Å². The highest BCUT2D eigenvalue weighted by Gasteiger charge is 2.29. The van der Waals surface area contributed by atoms with Crippen LogP contribution in [0, 0.1) is 5.82 Å². The smallest absolute Gasteiger partial charge is 0.324 e. The summed E-state index contributed by atoms with van der Waals surface area (Å²) in [7, 11) is 0. The van der Waals surface area contributed by atoms with Crippen LogP contribution in [0.2, 0.25) is 0 Å². The fourth-order valence-electron chi connectivity index (χ4n) is 3.43. The molecule has 2 aliphatic heterocycles. The zero-order valence-corrected chi connectivity index (χ0v) is 14.0. The standard InChI is InChI=1S/C19H21FN4O/c20-15-4-1-5-17(13-15)24-12-11-23(19(24)25)10-8-16-7-6-14-3-2-9-21-18(14)22-16/h1,4-7,13H,2-3,8-12H2,(H,21,22). The maximum atomic E-state index is 13.4. The van der Waals surface area contributed by atoms with Gasteiger partial charge in [0.15, 0.2) is 0 Å². The number of nitrogens with one attached hydrogen (secondary N) is 1. The minimum absolute atomic E-state index is 0.0679. The van der Waals surface area contributed by atoms with Crippen molar-refractivity contribution in [1.82, 2.24) is 9.88 Å². The summed E-state index contributed by atoms with van der Waals surface area (Å²) in [5.41, 5.74) is 2.87. The Morgan fingerprint density at radius 1 is 1.20 bits per heavy atom. The second-order valence-corrected chi connectivity index (χ2v) is 6.49. The largest absolute Gasteiger partial charge is 0.370 e. The molecule has 4 rings (SSSR count). The van der Waals surface area contributed by atoms with Crippen molar-refractivity contribution in [1.29, 1.82) is 0 Å². The van der Waals surface area contributed by atoms with Gasteiger partial charge in [0, 0.05) is 44.0 Å². The molecule has 6 heteroatoms. The van der Waals surface area contributed by atoms with E-state index in [2.05, 4.69) is 22.4 Å². The molecule has 0 saturated carbocycles. The third-order valence-corrected chi connectivity index (χ3v) is 4.80. The Morgan fingerprint density at radius 2 is 2.12 bits per heavy atom. The van der Waals surface area contributed by atoms with Crippen LogP contribution in [0.5, 0.6) is 0 Å². The molecule has 25 heavy (non-hydrogen) atoms. The number of fused-ring (bicyclic) bond motifs is 1. The van der Waals surface area contributed by atoms with Gasteiger partial charge in [0.2, 0.25) is 0 Å². The number of carbonyl (C=O) groups is 1. The lowest BCUT2D eigenvalue weighted by Crippen LogP contribution is -2.33. The molecule has 2 aromatic rings. The van der Waals surface area contributed by atoms with Gasteiger partial charge < -0.3 is 10.2 Å². The number of urea groups is 1. The van der Waals surface area contributed by atoms with Crippen LogP contribution in [0.3, 0.4) is 0 Å². The zero-order valence-electron chi connectivity index (χ0n) is 14.0. The minimum atomic E-state index is -0.325. The highest BCUT2D eigenvalue weighted by molar-refractivity contribution is 5.94. The maximum absolute atomic E-state index is 13.4. The Morgan fingerprint density at radius 3 is 3.00 bits per heavy atom. The van der Waals surface area contributed by atoms with Crippen LogP contribution >= 0.6 is 0 Å². The monoisotopic (exact) mass is 340 g/mol. The molecule has 5 nitrogen and oxygen atoms in total. The number of benzene rings is 1. The van der Waals surface area contributed by atoms with Crippen LogP contribution in [0.15, 0.2) is 36.4 Å². The Balaban J connectivity index is 1.40. The quantitative estimate of drug-likeness (QED) is 0.931. The lowest BCUT2D eigenvalue weighted by molar-refractivity contribution is 0.221. The third kappa shape index (κ3) is 3.29. The zero-order chi connectivity index (χ0) is 17.2. The first-order valence-corrected chi connectivity index (χ1v) is 8.75. The van der Waals surface area contributed by atoms with Crippen molar-refractivity contribution >= 4 is 17.5 Å². The normalized spacial score (nSPS) is 16.8. The summed E-state index contributed by atoms with van der Waals surface area (Å²) >= 11 is 0. The Hall–Kier alpha value is -2.63. The molecule has 2 amide bonds. The number of nitrogens with zero attached hydrogens (tertiary/aromatic N) is 3. The van der Waals surface area contributed by atoms with Crippen LogP contribution in [0.1, 0.15) is 17.7 Å². The summed E-state index contributed by atoms with van der Waals surface area (Å²) in [6, 6.07) is 10.3. The molecule has 0 aliphatic carbocycles. The van der Waals surface area contributed by atoms with Gasteiger partial charge in [-0.05, 0) is 42.7 Å². The average Bonchev–Trinajstić information content (AvgIpc) is 3.00. The van der Waals surface area contributed by atoms with Gasteiger partial charge in [-0.2, -0.15) is 0 Å². The second-order valence-electron chi connectivity index (χ2n) is 6.49. The molecule has 1 aromatic heterocycles. The van der Waals surface area contributed by atoms with Gasteiger partial charge in [-0.25, -0.2) is 14.2 Å². The number of carbonyl (C=O) groups excluding carboxylic acids is 1. The summed E-state index contributed by atoms with van der Waals surface area (Å²) in [6.07, 6.45) is 2.94. The molecule has 1 saturated heterocycles. The van der Waals surface area contributed by atoms with Crippen molar-refractivity contribution in [2.24, 2.45) is 0 Å². The predicted octanol–water partition coefficient (Wildman–Crippen LogP) is 3.06. The molecule has 1 N–H and O–H groups in total. The van der Waals surface area contributed by atoms with Gasteiger partial charge in [-0.1, -0.05) is 12.1 Å². The fourth-order valence-corrected chi connectivity index (χ4v) is 3.43. The van der Waals surface area contributed by atoms with E-state index in [-0.39, 0.29) is 11.8 Å². The van der Waals surface area contributed by atoms with E-state index in [1.807, 2.05) is 0 Å². The van der Waals surface area contributed by atoms with Crippen molar-refractivity contribution in [2.45, 2.75) is 19.3 Å². The number of halogens is 1. The second kappa shape index (κ2) is 6.70. The van der Waals surface area contributed by atoms with Crippen molar-refractivity contribution < 1.29 is 9.18 Å². The van der Waals surface area contributed by atoms with Crippen LogP contribution < -0.4 is 10.2 Å². The number of aromatic nitrogens is 1. The number of hydrogen-bond acceptors (Lipinski definition) is 3. The molecule has 0 spiro atoms. The SMILES string of the molecule is O=C1N(CCc2ccc3c(n2)NCCC3)CCN1c1cccc(F)c1. The van der Waals surface area contributed by atoms with E-state index in [9.17, 15) is 9.18 Å². The molecule has 1 aromatic carbocycles. The van der Waals surface area contributed by atoms with Crippen LogP contribution in [0.4, 0.5) is 20.7 Å².